The van der Waals surface area contributed by atoms with Crippen LogP contribution in [0.3, 0.4) is 0 Å². The summed E-state index contributed by atoms with van der Waals surface area (Å²) in [4.78, 5) is 41.2. The van der Waals surface area contributed by atoms with Crippen LogP contribution in [0.1, 0.15) is 290 Å². The molecule has 0 saturated carbocycles. The van der Waals surface area contributed by atoms with E-state index in [1.807, 2.05) is 0 Å². The summed E-state index contributed by atoms with van der Waals surface area (Å²) in [5, 5.41) is 21.2. The van der Waals surface area contributed by atoms with Gasteiger partial charge in [-0.15, -0.1) is 0 Å². The highest BCUT2D eigenvalue weighted by Crippen LogP contribution is 2.28. The van der Waals surface area contributed by atoms with Crippen molar-refractivity contribution in [2.45, 2.75) is 302 Å². The highest BCUT2D eigenvalue weighted by atomic mass is 16.6. The largest absolute Gasteiger partial charge is 0.440 e. The molecule has 0 aliphatic carbocycles. The molecule has 61 heavy (non-hydrogen) atoms. The molecule has 358 valence electrons. The van der Waals surface area contributed by atoms with Crippen molar-refractivity contribution in [3.8, 4) is 0 Å². The second-order valence-corrected chi connectivity index (χ2v) is 18.4. The summed E-state index contributed by atoms with van der Waals surface area (Å²) >= 11 is 0. The quantitative estimate of drug-likeness (QED) is 0.0273. The van der Waals surface area contributed by atoms with Crippen LogP contribution in [0.5, 0.6) is 0 Å². The fraction of sp³-hybridized carbons (Fsp3) is 0.873. The van der Waals surface area contributed by atoms with E-state index in [1.165, 1.54) is 135 Å². The average molecular weight is 859 g/mol. The number of ether oxygens (including phenoxy) is 1. The summed E-state index contributed by atoms with van der Waals surface area (Å²) in [6.45, 7) is 5.94. The number of carbonyl (C=O) groups is 3. The van der Waals surface area contributed by atoms with Crippen molar-refractivity contribution in [1.82, 2.24) is 0 Å². The van der Waals surface area contributed by atoms with Crippen LogP contribution in [-0.2, 0) is 19.1 Å². The number of rotatable bonds is 49. The van der Waals surface area contributed by atoms with Gasteiger partial charge in [-0.1, -0.05) is 225 Å². The van der Waals surface area contributed by atoms with E-state index in [0.717, 1.165) is 96.3 Å². The van der Waals surface area contributed by atoms with Gasteiger partial charge in [0.1, 0.15) is 6.10 Å². The molecule has 0 spiro atoms. The van der Waals surface area contributed by atoms with Crippen molar-refractivity contribution < 1.29 is 29.3 Å². The number of hydrogen-bond acceptors (Lipinski definition) is 6. The van der Waals surface area contributed by atoms with E-state index < -0.39 is 35.8 Å². The molecular formula is C55H102O6. The smallest absolute Gasteiger partial charge is 0.307 e. The third-order valence-electron chi connectivity index (χ3n) is 12.6. The molecule has 0 fully saturated rings. The van der Waals surface area contributed by atoms with Gasteiger partial charge in [0.2, 0.25) is 0 Å². The summed E-state index contributed by atoms with van der Waals surface area (Å²) in [5.74, 6) is -1.77. The van der Waals surface area contributed by atoms with E-state index in [-0.39, 0.29) is 19.3 Å². The summed E-state index contributed by atoms with van der Waals surface area (Å²) in [7, 11) is 0. The second kappa shape index (κ2) is 46.2. The van der Waals surface area contributed by atoms with Gasteiger partial charge in [-0.25, -0.2) is 0 Å². The van der Waals surface area contributed by atoms with Gasteiger partial charge < -0.3 is 14.9 Å². The normalized spacial score (nSPS) is 13.3. The van der Waals surface area contributed by atoms with Crippen LogP contribution >= 0.6 is 0 Å². The summed E-state index contributed by atoms with van der Waals surface area (Å²) in [6.07, 6.45) is 52.5. The lowest BCUT2D eigenvalue weighted by molar-refractivity contribution is -0.188. The van der Waals surface area contributed by atoms with Crippen molar-refractivity contribution in [3.05, 3.63) is 24.3 Å². The van der Waals surface area contributed by atoms with Gasteiger partial charge in [0.15, 0.2) is 11.6 Å². The minimum absolute atomic E-state index is 0.0410. The third kappa shape index (κ3) is 35.3. The van der Waals surface area contributed by atoms with Crippen LogP contribution in [0.2, 0.25) is 0 Å². The van der Waals surface area contributed by atoms with Gasteiger partial charge in [0.05, 0.1) is 6.61 Å². The second-order valence-electron chi connectivity index (χ2n) is 18.4. The Hall–Kier alpha value is -1.79. The first-order valence-electron chi connectivity index (χ1n) is 26.8. The van der Waals surface area contributed by atoms with Crippen LogP contribution < -0.4 is 0 Å². The van der Waals surface area contributed by atoms with E-state index >= 15 is 0 Å². The fourth-order valence-electron chi connectivity index (χ4n) is 8.44. The van der Waals surface area contributed by atoms with Gasteiger partial charge in [-0.2, -0.15) is 0 Å². The number of aliphatic hydroxyl groups is 2. The molecule has 0 bridgehead atoms. The highest BCUT2D eigenvalue weighted by molar-refractivity contribution is 6.12. The number of hydrogen-bond donors (Lipinski definition) is 2. The standard InChI is InChI=1S/C55H102O6/c1-4-7-10-13-16-19-22-25-27-30-32-35-38-41-44-47-51(57)55(53(59)50-56,61-54(60)49-46-43-40-37-34-29-24-21-18-15-12-9-6-3)52(58)48-45-42-39-36-33-31-28-26-23-20-17-14-11-8-5-2/h25-28,53,56,59H,4-24,29-50H2,1-3H3. The van der Waals surface area contributed by atoms with E-state index in [0.29, 0.717) is 19.3 Å². The van der Waals surface area contributed by atoms with Crippen LogP contribution in [0.25, 0.3) is 0 Å². The molecule has 0 saturated heterocycles. The van der Waals surface area contributed by atoms with Crippen molar-refractivity contribution in [2.24, 2.45) is 0 Å². The minimum Gasteiger partial charge on any atom is -0.440 e. The van der Waals surface area contributed by atoms with E-state index in [9.17, 15) is 24.6 Å². The van der Waals surface area contributed by atoms with Gasteiger partial charge >= 0.3 is 5.97 Å². The molecular weight excluding hydrogens is 757 g/mol. The first-order valence-corrected chi connectivity index (χ1v) is 26.8. The molecule has 6 heteroatoms. The molecule has 0 rings (SSSR count). The molecule has 1 atom stereocenters. The number of aliphatic hydroxyl groups excluding tert-OH is 2. The summed E-state index contributed by atoms with van der Waals surface area (Å²) in [5.41, 5.74) is -2.33. The lowest BCUT2D eigenvalue weighted by Gasteiger charge is -2.34. The maximum atomic E-state index is 13.9. The highest BCUT2D eigenvalue weighted by Gasteiger charge is 2.53. The number of Topliss-reactive ketones (excluding diaryl/α,β-unsaturated/α-hetero) is 2. The maximum Gasteiger partial charge on any atom is 0.307 e. The SMILES string of the molecule is CCCCCCCCC=CCCCCCCCC(=O)C(OC(=O)CCCCCCCCCCCCCCC)(C(=O)CCCCCCCC=CCCCCCCCC)C(O)CO. The third-order valence-corrected chi connectivity index (χ3v) is 12.6. The molecule has 1 unspecified atom stereocenters. The van der Waals surface area contributed by atoms with Gasteiger partial charge in [0.25, 0.3) is 5.60 Å². The molecule has 0 heterocycles. The van der Waals surface area contributed by atoms with Crippen molar-refractivity contribution >= 4 is 17.5 Å². The maximum absolute atomic E-state index is 13.9. The molecule has 0 aliphatic rings. The van der Waals surface area contributed by atoms with Gasteiger partial charge in [-0.3, -0.25) is 14.4 Å². The molecule has 0 aromatic rings. The molecule has 0 aliphatic heterocycles. The number of allylic oxidation sites excluding steroid dienone is 4. The number of unbranched alkanes of at least 4 members (excludes halogenated alkanes) is 34. The Bertz CT molecular complexity index is 981. The molecule has 0 aromatic heterocycles. The van der Waals surface area contributed by atoms with Gasteiger partial charge in [0, 0.05) is 19.3 Å². The first kappa shape index (κ1) is 59.2. The van der Waals surface area contributed by atoms with Crippen LogP contribution in [0.4, 0.5) is 0 Å². The first-order chi connectivity index (χ1) is 29.9. The zero-order valence-electron chi connectivity index (χ0n) is 40.8. The monoisotopic (exact) mass is 859 g/mol. The molecule has 0 radical (unpaired) electrons. The number of ketones is 2. The number of esters is 1. The number of carbonyl (C=O) groups excluding carboxylic acids is 3. The molecule has 0 aromatic carbocycles. The van der Waals surface area contributed by atoms with E-state index in [4.69, 9.17) is 4.74 Å². The van der Waals surface area contributed by atoms with Crippen LogP contribution in [-0.4, -0.2) is 46.1 Å². The predicted molar refractivity (Wildman–Crippen MR) is 261 cm³/mol. The fourth-order valence-corrected chi connectivity index (χ4v) is 8.44. The lowest BCUT2D eigenvalue weighted by Crippen LogP contribution is -2.60. The van der Waals surface area contributed by atoms with Crippen LogP contribution in [0, 0.1) is 0 Å². The summed E-state index contributed by atoms with van der Waals surface area (Å²) in [6, 6.07) is 0. The Morgan fingerprint density at radius 2 is 0.639 bits per heavy atom. The van der Waals surface area contributed by atoms with E-state index in [2.05, 4.69) is 45.1 Å². The Labute approximate surface area is 378 Å². The minimum atomic E-state index is -2.33. The molecule has 6 nitrogen and oxygen atoms in total. The Morgan fingerprint density at radius 3 is 0.918 bits per heavy atom. The van der Waals surface area contributed by atoms with Gasteiger partial charge in [-0.05, 0) is 70.6 Å². The van der Waals surface area contributed by atoms with Crippen molar-refractivity contribution in [2.75, 3.05) is 6.61 Å². The summed E-state index contributed by atoms with van der Waals surface area (Å²) < 4.78 is 5.81. The Kier molecular flexibility index (Phi) is 44.9. The predicted octanol–water partition coefficient (Wildman–Crippen LogP) is 16.3. The zero-order valence-corrected chi connectivity index (χ0v) is 40.8. The zero-order chi connectivity index (χ0) is 44.8. The topological polar surface area (TPSA) is 101 Å². The van der Waals surface area contributed by atoms with Crippen LogP contribution in [0.15, 0.2) is 24.3 Å². The van der Waals surface area contributed by atoms with E-state index in [1.54, 1.807) is 0 Å². The lowest BCUT2D eigenvalue weighted by atomic mass is 9.82. The Morgan fingerprint density at radius 1 is 0.393 bits per heavy atom. The van der Waals surface area contributed by atoms with Crippen molar-refractivity contribution in [3.63, 3.8) is 0 Å². The van der Waals surface area contributed by atoms with Crippen molar-refractivity contribution in [1.29, 1.82) is 0 Å². The molecule has 0 amide bonds. The molecule has 2 N–H and O–H groups in total. The average Bonchev–Trinajstić information content (AvgIpc) is 3.26. The Balaban J connectivity index is 4.94.